The number of hydrogen-bond acceptors (Lipinski definition) is 2. The van der Waals surface area contributed by atoms with Crippen molar-refractivity contribution in [2.24, 2.45) is 0 Å². The van der Waals surface area contributed by atoms with Gasteiger partial charge in [0.05, 0.1) is 6.10 Å². The van der Waals surface area contributed by atoms with Crippen molar-refractivity contribution in [2.45, 2.75) is 52.7 Å². The minimum atomic E-state index is 0.305. The maximum absolute atomic E-state index is 5.38. The number of hydrogen-bond donors (Lipinski definition) is 1. The summed E-state index contributed by atoms with van der Waals surface area (Å²) in [5, 5.41) is 3.56. The molecular weight excluding hydrogens is 222 g/mol. The lowest BCUT2D eigenvalue weighted by molar-refractivity contribution is 0.101. The summed E-state index contributed by atoms with van der Waals surface area (Å²) in [7, 11) is 1.78. The third-order valence-electron chi connectivity index (χ3n) is 3.48. The molecule has 1 aromatic carbocycles. The molecule has 1 N–H and O–H groups in total. The molecule has 0 fully saturated rings. The minimum absolute atomic E-state index is 0.305. The minimum Gasteiger partial charge on any atom is -0.382 e. The molecule has 2 unspecified atom stereocenters. The number of ether oxygens (including phenoxy) is 1. The molecule has 0 bridgehead atoms. The Hall–Kier alpha value is -0.860. The van der Waals surface area contributed by atoms with E-state index in [0.717, 1.165) is 19.4 Å². The molecule has 0 heterocycles. The second-order valence-electron chi connectivity index (χ2n) is 5.17. The molecule has 0 aliphatic rings. The van der Waals surface area contributed by atoms with Gasteiger partial charge in [-0.2, -0.15) is 0 Å². The van der Waals surface area contributed by atoms with E-state index in [1.54, 1.807) is 7.11 Å². The van der Waals surface area contributed by atoms with Gasteiger partial charge in [0.25, 0.3) is 0 Å². The van der Waals surface area contributed by atoms with Crippen LogP contribution in [0.25, 0.3) is 0 Å². The number of methoxy groups -OCH3 is 1. The molecule has 1 aromatic rings. The first kappa shape index (κ1) is 15.2. The van der Waals surface area contributed by atoms with E-state index >= 15 is 0 Å². The summed E-state index contributed by atoms with van der Waals surface area (Å²) >= 11 is 0. The van der Waals surface area contributed by atoms with Crippen LogP contribution in [0.15, 0.2) is 18.2 Å². The lowest BCUT2D eigenvalue weighted by atomic mass is 9.96. The maximum Gasteiger partial charge on any atom is 0.0558 e. The van der Waals surface area contributed by atoms with E-state index in [0.29, 0.717) is 12.1 Å². The molecule has 0 spiro atoms. The fourth-order valence-electron chi connectivity index (χ4n) is 2.31. The van der Waals surface area contributed by atoms with Gasteiger partial charge in [0.1, 0.15) is 0 Å². The molecule has 0 saturated heterocycles. The Morgan fingerprint density at radius 1 is 1.28 bits per heavy atom. The summed E-state index contributed by atoms with van der Waals surface area (Å²) in [5.74, 6) is 0. The second-order valence-corrected chi connectivity index (χ2v) is 5.17. The van der Waals surface area contributed by atoms with Crippen molar-refractivity contribution in [2.75, 3.05) is 13.7 Å². The van der Waals surface area contributed by atoms with Gasteiger partial charge < -0.3 is 10.1 Å². The van der Waals surface area contributed by atoms with E-state index in [4.69, 9.17) is 4.74 Å². The first-order valence-electron chi connectivity index (χ1n) is 6.89. The van der Waals surface area contributed by atoms with Crippen molar-refractivity contribution in [1.29, 1.82) is 0 Å². The van der Waals surface area contributed by atoms with Crippen LogP contribution in [-0.2, 0) is 11.2 Å². The van der Waals surface area contributed by atoms with Crippen molar-refractivity contribution in [3.63, 3.8) is 0 Å². The van der Waals surface area contributed by atoms with Crippen LogP contribution in [0.2, 0.25) is 0 Å². The highest BCUT2D eigenvalue weighted by atomic mass is 16.5. The van der Waals surface area contributed by atoms with Crippen LogP contribution in [0.3, 0.4) is 0 Å². The molecule has 2 heteroatoms. The Bertz CT molecular complexity index is 362. The van der Waals surface area contributed by atoms with E-state index in [-0.39, 0.29) is 0 Å². The van der Waals surface area contributed by atoms with Crippen LogP contribution in [0.1, 0.15) is 37.0 Å². The standard InChI is InChI=1S/C16H27NO/c1-6-17-16(10-14(4)18-5)11-15-9-12(2)7-8-13(15)3/h7-9,14,16-17H,6,10-11H2,1-5H3. The Labute approximate surface area is 112 Å². The van der Waals surface area contributed by atoms with Gasteiger partial charge in [0.2, 0.25) is 0 Å². The molecule has 102 valence electrons. The highest BCUT2D eigenvalue weighted by Crippen LogP contribution is 2.15. The third kappa shape index (κ3) is 4.79. The van der Waals surface area contributed by atoms with Gasteiger partial charge in [-0.3, -0.25) is 0 Å². The molecule has 2 atom stereocenters. The lowest BCUT2D eigenvalue weighted by Gasteiger charge is -2.22. The Balaban J connectivity index is 2.72. The quantitative estimate of drug-likeness (QED) is 0.801. The molecule has 0 aliphatic carbocycles. The monoisotopic (exact) mass is 249 g/mol. The van der Waals surface area contributed by atoms with Crippen molar-refractivity contribution < 1.29 is 4.74 Å². The summed E-state index contributed by atoms with van der Waals surface area (Å²) in [5.41, 5.74) is 4.17. The number of likely N-dealkylation sites (N-methyl/N-ethyl adjacent to an activating group) is 1. The van der Waals surface area contributed by atoms with Gasteiger partial charge in [0.15, 0.2) is 0 Å². The molecule has 0 aliphatic heterocycles. The number of rotatable bonds is 7. The number of benzene rings is 1. The summed E-state index contributed by atoms with van der Waals surface area (Å²) in [4.78, 5) is 0. The Morgan fingerprint density at radius 3 is 2.61 bits per heavy atom. The molecule has 1 rings (SSSR count). The van der Waals surface area contributed by atoms with Crippen LogP contribution in [-0.4, -0.2) is 25.8 Å². The third-order valence-corrected chi connectivity index (χ3v) is 3.48. The van der Waals surface area contributed by atoms with Gasteiger partial charge in [-0.05, 0) is 51.3 Å². The molecule has 18 heavy (non-hydrogen) atoms. The molecule has 0 amide bonds. The fraction of sp³-hybridized carbons (Fsp3) is 0.625. The first-order chi connectivity index (χ1) is 8.56. The average molecular weight is 249 g/mol. The van der Waals surface area contributed by atoms with Gasteiger partial charge in [-0.1, -0.05) is 30.7 Å². The van der Waals surface area contributed by atoms with Crippen LogP contribution in [0, 0.1) is 13.8 Å². The lowest BCUT2D eigenvalue weighted by Crippen LogP contribution is -2.34. The van der Waals surface area contributed by atoms with E-state index in [9.17, 15) is 0 Å². The average Bonchev–Trinajstić information content (AvgIpc) is 2.34. The highest BCUT2D eigenvalue weighted by molar-refractivity contribution is 5.31. The molecule has 0 aromatic heterocycles. The SMILES string of the molecule is CCNC(Cc1cc(C)ccc1C)CC(C)OC. The number of nitrogens with one attached hydrogen (secondary N) is 1. The number of aryl methyl sites for hydroxylation is 2. The Morgan fingerprint density at radius 2 is 2.00 bits per heavy atom. The topological polar surface area (TPSA) is 21.3 Å². The van der Waals surface area contributed by atoms with Crippen molar-refractivity contribution in [3.05, 3.63) is 34.9 Å². The van der Waals surface area contributed by atoms with Crippen LogP contribution in [0.4, 0.5) is 0 Å². The zero-order valence-electron chi connectivity index (χ0n) is 12.4. The predicted octanol–water partition coefficient (Wildman–Crippen LogP) is 3.25. The molecular formula is C16H27NO. The molecule has 0 saturated carbocycles. The van der Waals surface area contributed by atoms with Crippen LogP contribution >= 0.6 is 0 Å². The van der Waals surface area contributed by atoms with Gasteiger partial charge in [-0.15, -0.1) is 0 Å². The van der Waals surface area contributed by atoms with Crippen molar-refractivity contribution in [3.8, 4) is 0 Å². The zero-order chi connectivity index (χ0) is 13.5. The molecule has 2 nitrogen and oxygen atoms in total. The largest absolute Gasteiger partial charge is 0.382 e. The fourth-order valence-corrected chi connectivity index (χ4v) is 2.31. The normalized spacial score (nSPS) is 14.5. The van der Waals surface area contributed by atoms with E-state index in [1.165, 1.54) is 16.7 Å². The van der Waals surface area contributed by atoms with Gasteiger partial charge >= 0.3 is 0 Å². The summed E-state index contributed by atoms with van der Waals surface area (Å²) < 4.78 is 5.38. The van der Waals surface area contributed by atoms with Gasteiger partial charge in [0, 0.05) is 13.2 Å². The first-order valence-corrected chi connectivity index (χ1v) is 6.89. The van der Waals surface area contributed by atoms with E-state index in [2.05, 4.69) is 51.2 Å². The highest BCUT2D eigenvalue weighted by Gasteiger charge is 2.13. The summed E-state index contributed by atoms with van der Waals surface area (Å²) in [6, 6.07) is 7.19. The van der Waals surface area contributed by atoms with Crippen molar-refractivity contribution in [1.82, 2.24) is 5.32 Å². The smallest absolute Gasteiger partial charge is 0.0558 e. The predicted molar refractivity (Wildman–Crippen MR) is 78.2 cm³/mol. The van der Waals surface area contributed by atoms with Crippen LogP contribution < -0.4 is 5.32 Å². The second kappa shape index (κ2) is 7.55. The van der Waals surface area contributed by atoms with E-state index in [1.807, 2.05) is 0 Å². The molecule has 0 radical (unpaired) electrons. The Kier molecular flexibility index (Phi) is 6.37. The zero-order valence-corrected chi connectivity index (χ0v) is 12.4. The summed E-state index contributed by atoms with van der Waals surface area (Å²) in [6.07, 6.45) is 2.44. The van der Waals surface area contributed by atoms with Crippen molar-refractivity contribution >= 4 is 0 Å². The van der Waals surface area contributed by atoms with Crippen LogP contribution in [0.5, 0.6) is 0 Å². The summed E-state index contributed by atoms with van der Waals surface area (Å²) in [6.45, 7) is 9.65. The van der Waals surface area contributed by atoms with Gasteiger partial charge in [-0.25, -0.2) is 0 Å². The van der Waals surface area contributed by atoms with E-state index < -0.39 is 0 Å². The maximum atomic E-state index is 5.38.